The van der Waals surface area contributed by atoms with E-state index in [0.717, 1.165) is 17.7 Å². The fourth-order valence-electron chi connectivity index (χ4n) is 1.41. The third kappa shape index (κ3) is 2.63. The lowest BCUT2D eigenvalue weighted by atomic mass is 10.1. The van der Waals surface area contributed by atoms with Crippen LogP contribution >= 0.6 is 11.3 Å². The molecule has 0 saturated heterocycles. The van der Waals surface area contributed by atoms with E-state index in [2.05, 4.69) is 4.72 Å². The van der Waals surface area contributed by atoms with Crippen LogP contribution in [0.15, 0.2) is 17.5 Å². The van der Waals surface area contributed by atoms with Gasteiger partial charge in [-0.15, -0.1) is 11.3 Å². The van der Waals surface area contributed by atoms with Gasteiger partial charge in [0.25, 0.3) is 0 Å². The first-order valence-corrected chi connectivity index (χ1v) is 7.59. The van der Waals surface area contributed by atoms with Gasteiger partial charge in [0.05, 0.1) is 5.25 Å². The Morgan fingerprint density at radius 2 is 2.31 bits per heavy atom. The van der Waals surface area contributed by atoms with Crippen LogP contribution in [0.1, 0.15) is 24.6 Å². The second-order valence-electron chi connectivity index (χ2n) is 4.32. The predicted molar refractivity (Wildman–Crippen MR) is 63.8 cm³/mol. The molecule has 1 aliphatic rings. The summed E-state index contributed by atoms with van der Waals surface area (Å²) in [5.74, 6) is 0. The van der Waals surface area contributed by atoms with Crippen molar-refractivity contribution in [2.24, 2.45) is 0 Å². The van der Waals surface area contributed by atoms with Crippen molar-refractivity contribution in [3.8, 4) is 0 Å². The van der Waals surface area contributed by atoms with Crippen LogP contribution in [0.2, 0.25) is 0 Å². The summed E-state index contributed by atoms with van der Waals surface area (Å²) in [6.45, 7) is 1.65. The molecule has 0 bridgehead atoms. The summed E-state index contributed by atoms with van der Waals surface area (Å²) < 4.78 is 25.7. The maximum Gasteiger partial charge on any atom is 0.214 e. The van der Waals surface area contributed by atoms with Crippen molar-refractivity contribution < 1.29 is 13.5 Å². The van der Waals surface area contributed by atoms with Gasteiger partial charge in [0.15, 0.2) is 0 Å². The van der Waals surface area contributed by atoms with Crippen molar-refractivity contribution in [3.05, 3.63) is 22.4 Å². The number of aliphatic hydroxyl groups is 1. The molecule has 1 aromatic heterocycles. The lowest BCUT2D eigenvalue weighted by Crippen LogP contribution is -2.39. The SMILES string of the molecule is C[C@](O)(CNS(=O)(=O)C1CC1)c1cccs1. The fourth-order valence-corrected chi connectivity index (χ4v) is 3.67. The zero-order valence-corrected chi connectivity index (χ0v) is 10.6. The molecule has 0 amide bonds. The molecule has 2 rings (SSSR count). The maximum atomic E-state index is 11.6. The normalized spacial score (nSPS) is 20.6. The van der Waals surface area contributed by atoms with Crippen molar-refractivity contribution >= 4 is 21.4 Å². The van der Waals surface area contributed by atoms with Gasteiger partial charge in [0.1, 0.15) is 5.60 Å². The van der Waals surface area contributed by atoms with Crippen molar-refractivity contribution in [2.45, 2.75) is 30.6 Å². The molecule has 2 N–H and O–H groups in total. The lowest BCUT2D eigenvalue weighted by Gasteiger charge is -2.22. The number of hydrogen-bond acceptors (Lipinski definition) is 4. The van der Waals surface area contributed by atoms with Crippen LogP contribution < -0.4 is 4.72 Å². The van der Waals surface area contributed by atoms with Crippen LogP contribution in [-0.4, -0.2) is 25.3 Å². The van der Waals surface area contributed by atoms with Gasteiger partial charge in [-0.05, 0) is 31.2 Å². The molecule has 0 unspecified atom stereocenters. The largest absolute Gasteiger partial charge is 0.383 e. The molecule has 6 heteroatoms. The van der Waals surface area contributed by atoms with Crippen LogP contribution in [0, 0.1) is 0 Å². The molecule has 1 atom stereocenters. The Morgan fingerprint density at radius 1 is 1.62 bits per heavy atom. The van der Waals surface area contributed by atoms with Gasteiger partial charge in [0.2, 0.25) is 10.0 Å². The summed E-state index contributed by atoms with van der Waals surface area (Å²) >= 11 is 1.42. The molecular weight excluding hydrogens is 246 g/mol. The molecule has 0 spiro atoms. The van der Waals surface area contributed by atoms with Gasteiger partial charge < -0.3 is 5.11 Å². The molecule has 0 aliphatic heterocycles. The second kappa shape index (κ2) is 4.10. The topological polar surface area (TPSA) is 66.4 Å². The highest BCUT2D eigenvalue weighted by molar-refractivity contribution is 7.90. The van der Waals surface area contributed by atoms with E-state index in [4.69, 9.17) is 0 Å². The summed E-state index contributed by atoms with van der Waals surface area (Å²) in [4.78, 5) is 0.769. The van der Waals surface area contributed by atoms with E-state index >= 15 is 0 Å². The van der Waals surface area contributed by atoms with Crippen LogP contribution in [0.3, 0.4) is 0 Å². The maximum absolute atomic E-state index is 11.6. The highest BCUT2D eigenvalue weighted by atomic mass is 32.2. The fraction of sp³-hybridized carbons (Fsp3) is 0.600. The minimum absolute atomic E-state index is 0.0341. The average Bonchev–Trinajstić information content (AvgIpc) is 2.92. The second-order valence-corrected chi connectivity index (χ2v) is 7.31. The first kappa shape index (κ1) is 12.0. The van der Waals surface area contributed by atoms with Crippen LogP contribution in [0.25, 0.3) is 0 Å². The minimum atomic E-state index is -3.22. The lowest BCUT2D eigenvalue weighted by molar-refractivity contribution is 0.0666. The van der Waals surface area contributed by atoms with Gasteiger partial charge >= 0.3 is 0 Å². The number of thiophene rings is 1. The first-order chi connectivity index (χ1) is 7.42. The number of rotatable bonds is 5. The number of hydrogen-bond donors (Lipinski definition) is 2. The Bertz CT molecular complexity index is 446. The van der Waals surface area contributed by atoms with Gasteiger partial charge in [-0.1, -0.05) is 6.07 Å². The summed E-state index contributed by atoms with van der Waals surface area (Å²) in [7, 11) is -3.22. The highest BCUT2D eigenvalue weighted by Gasteiger charge is 2.37. The number of nitrogens with one attached hydrogen (secondary N) is 1. The van der Waals surface area contributed by atoms with E-state index in [0.29, 0.717) is 0 Å². The molecule has 4 nitrogen and oxygen atoms in total. The average molecular weight is 261 g/mol. The third-order valence-electron chi connectivity index (χ3n) is 2.63. The van der Waals surface area contributed by atoms with Gasteiger partial charge in [-0.2, -0.15) is 0 Å². The molecule has 0 aromatic carbocycles. The quantitative estimate of drug-likeness (QED) is 0.832. The molecule has 16 heavy (non-hydrogen) atoms. The molecule has 90 valence electrons. The Morgan fingerprint density at radius 3 is 2.81 bits per heavy atom. The van der Waals surface area contributed by atoms with Gasteiger partial charge in [-0.3, -0.25) is 0 Å². The third-order valence-corrected chi connectivity index (χ3v) is 5.65. The minimum Gasteiger partial charge on any atom is -0.383 e. The predicted octanol–water partition coefficient (Wildman–Crippen LogP) is 1.04. The number of sulfonamides is 1. The summed E-state index contributed by atoms with van der Waals surface area (Å²) in [5.41, 5.74) is -1.13. The summed E-state index contributed by atoms with van der Waals surface area (Å²) in [5, 5.41) is 11.7. The van der Waals surface area contributed by atoms with Crippen molar-refractivity contribution in [1.29, 1.82) is 0 Å². The van der Waals surface area contributed by atoms with E-state index < -0.39 is 15.6 Å². The van der Waals surface area contributed by atoms with E-state index in [-0.39, 0.29) is 11.8 Å². The zero-order valence-electron chi connectivity index (χ0n) is 9.01. The Labute approximate surface area is 99.4 Å². The van der Waals surface area contributed by atoms with Crippen molar-refractivity contribution in [3.63, 3.8) is 0 Å². The molecular formula is C10H15NO3S2. The highest BCUT2D eigenvalue weighted by Crippen LogP contribution is 2.29. The van der Waals surface area contributed by atoms with E-state index in [1.807, 2.05) is 11.4 Å². The van der Waals surface area contributed by atoms with Crippen LogP contribution in [0.4, 0.5) is 0 Å². The summed E-state index contributed by atoms with van der Waals surface area (Å²) in [6.07, 6.45) is 1.47. The van der Waals surface area contributed by atoms with Crippen molar-refractivity contribution in [2.75, 3.05) is 6.54 Å². The van der Waals surface area contributed by atoms with E-state index in [1.165, 1.54) is 11.3 Å². The summed E-state index contributed by atoms with van der Waals surface area (Å²) in [6, 6.07) is 3.64. The monoisotopic (exact) mass is 261 g/mol. The molecule has 1 aliphatic carbocycles. The van der Waals surface area contributed by atoms with Crippen LogP contribution in [-0.2, 0) is 15.6 Å². The Kier molecular flexibility index (Phi) is 3.09. The van der Waals surface area contributed by atoms with E-state index in [9.17, 15) is 13.5 Å². The molecule has 1 fully saturated rings. The Balaban J connectivity index is 1.99. The first-order valence-electron chi connectivity index (χ1n) is 5.17. The zero-order chi connectivity index (χ0) is 11.8. The van der Waals surface area contributed by atoms with Crippen LogP contribution in [0.5, 0.6) is 0 Å². The molecule has 1 aromatic rings. The molecule has 1 saturated carbocycles. The van der Waals surface area contributed by atoms with Crippen molar-refractivity contribution in [1.82, 2.24) is 4.72 Å². The smallest absolute Gasteiger partial charge is 0.214 e. The molecule has 0 radical (unpaired) electrons. The van der Waals surface area contributed by atoms with Gasteiger partial charge in [-0.25, -0.2) is 13.1 Å². The van der Waals surface area contributed by atoms with E-state index in [1.54, 1.807) is 13.0 Å². The molecule has 1 heterocycles. The Hall–Kier alpha value is -0.430. The van der Waals surface area contributed by atoms with Gasteiger partial charge in [0, 0.05) is 11.4 Å². The standard InChI is InChI=1S/C10H15NO3S2/c1-10(12,9-3-2-6-15-9)7-11-16(13,14)8-4-5-8/h2-3,6,8,11-12H,4-5,7H2,1H3/t10-/m0/s1.